The second-order valence-corrected chi connectivity index (χ2v) is 9.40. The molecule has 0 spiro atoms. The normalized spacial score (nSPS) is 17.8. The van der Waals surface area contributed by atoms with E-state index < -0.39 is 5.60 Å². The van der Waals surface area contributed by atoms with Crippen LogP contribution in [0.5, 0.6) is 5.75 Å². The summed E-state index contributed by atoms with van der Waals surface area (Å²) < 4.78 is 11.7. The minimum absolute atomic E-state index is 0.223. The molecule has 0 bridgehead atoms. The van der Waals surface area contributed by atoms with E-state index >= 15 is 0 Å². The largest absolute Gasteiger partial charge is 0.476 e. The van der Waals surface area contributed by atoms with Gasteiger partial charge in [-0.25, -0.2) is 4.79 Å². The Morgan fingerprint density at radius 3 is 2.17 bits per heavy atom. The molecule has 2 rings (SSSR count). The van der Waals surface area contributed by atoms with E-state index in [9.17, 15) is 4.79 Å². The molecule has 0 saturated heterocycles. The number of hydrogen-bond acceptors (Lipinski definition) is 3. The fraction of sp³-hybridized carbons (Fsp3) is 0.632. The van der Waals surface area contributed by atoms with E-state index in [1.807, 2.05) is 19.1 Å². The minimum atomic E-state index is -0.984. The molecule has 0 atom stereocenters. The van der Waals surface area contributed by atoms with E-state index in [2.05, 4.69) is 24.6 Å². The highest BCUT2D eigenvalue weighted by atomic mass is 32.2. The van der Waals surface area contributed by atoms with Crippen LogP contribution in [0.4, 0.5) is 0 Å². The van der Waals surface area contributed by atoms with Crippen LogP contribution in [-0.4, -0.2) is 29.7 Å². The molecule has 0 radical (unpaired) electrons. The summed E-state index contributed by atoms with van der Waals surface area (Å²) in [6.45, 7) is 5.59. The Hall–Kier alpha value is -1.16. The minimum Gasteiger partial charge on any atom is -0.476 e. The van der Waals surface area contributed by atoms with E-state index in [1.165, 1.54) is 11.3 Å². The lowest BCUT2D eigenvalue weighted by Crippen LogP contribution is -2.45. The third kappa shape index (κ3) is 4.90. The third-order valence-electron chi connectivity index (χ3n) is 4.41. The molecule has 128 valence electrons. The molecule has 1 aliphatic rings. The molecular formula is C19H29O3S+. The Kier molecular flexibility index (Phi) is 5.66. The van der Waals surface area contributed by atoms with Crippen LogP contribution in [0, 0.1) is 0 Å². The fourth-order valence-corrected chi connectivity index (χ4v) is 3.54. The van der Waals surface area contributed by atoms with Gasteiger partial charge in [-0.05, 0) is 70.7 Å². The molecule has 0 unspecified atom stereocenters. The third-order valence-corrected chi connectivity index (χ3v) is 5.63. The summed E-state index contributed by atoms with van der Waals surface area (Å²) in [4.78, 5) is 13.9. The van der Waals surface area contributed by atoms with Crippen LogP contribution in [0.3, 0.4) is 0 Å². The van der Waals surface area contributed by atoms with Gasteiger partial charge in [-0.2, -0.15) is 0 Å². The lowest BCUT2D eigenvalue weighted by atomic mass is 9.86. The van der Waals surface area contributed by atoms with Gasteiger partial charge < -0.3 is 9.47 Å². The Morgan fingerprint density at radius 1 is 1.09 bits per heavy atom. The predicted octanol–water partition coefficient (Wildman–Crippen LogP) is 4.35. The van der Waals surface area contributed by atoms with Crippen molar-refractivity contribution in [3.8, 4) is 5.75 Å². The lowest BCUT2D eigenvalue weighted by molar-refractivity contribution is -0.177. The Labute approximate surface area is 143 Å². The summed E-state index contributed by atoms with van der Waals surface area (Å²) in [6.07, 6.45) is 9.74. The van der Waals surface area contributed by atoms with Crippen molar-refractivity contribution in [2.24, 2.45) is 0 Å². The number of hydrogen-bond donors (Lipinski definition) is 0. The van der Waals surface area contributed by atoms with Gasteiger partial charge in [0.05, 0.1) is 0 Å². The molecule has 1 aromatic carbocycles. The SMILES string of the molecule is C[S+](C)c1ccc(OC(C)(C)C(=O)OC2(C)CCCCC2)cc1. The number of ether oxygens (including phenoxy) is 2. The van der Waals surface area contributed by atoms with Crippen molar-refractivity contribution < 1.29 is 14.3 Å². The second kappa shape index (κ2) is 7.16. The molecule has 0 amide bonds. The highest BCUT2D eigenvalue weighted by Gasteiger charge is 2.38. The summed E-state index contributed by atoms with van der Waals surface area (Å²) in [5, 5.41) is 0. The van der Waals surface area contributed by atoms with Crippen molar-refractivity contribution in [1.82, 2.24) is 0 Å². The number of rotatable bonds is 5. The van der Waals surface area contributed by atoms with Gasteiger partial charge in [0.2, 0.25) is 0 Å². The van der Waals surface area contributed by atoms with Gasteiger partial charge in [0, 0.05) is 10.9 Å². The molecule has 1 saturated carbocycles. The quantitative estimate of drug-likeness (QED) is 0.592. The fourth-order valence-electron chi connectivity index (χ4n) is 2.86. The first-order valence-corrected chi connectivity index (χ1v) is 10.4. The summed E-state index contributed by atoms with van der Waals surface area (Å²) in [5.41, 5.74) is -1.32. The van der Waals surface area contributed by atoms with Crippen molar-refractivity contribution in [2.45, 2.75) is 69.0 Å². The van der Waals surface area contributed by atoms with Crippen molar-refractivity contribution in [1.29, 1.82) is 0 Å². The average molecular weight is 338 g/mol. The predicted molar refractivity (Wildman–Crippen MR) is 96.2 cm³/mol. The van der Waals surface area contributed by atoms with Crippen molar-refractivity contribution in [3.05, 3.63) is 24.3 Å². The Morgan fingerprint density at radius 2 is 1.65 bits per heavy atom. The molecule has 3 nitrogen and oxygen atoms in total. The molecule has 1 fully saturated rings. The number of carbonyl (C=O) groups excluding carboxylic acids is 1. The molecule has 1 aromatic rings. The van der Waals surface area contributed by atoms with Crippen molar-refractivity contribution in [2.75, 3.05) is 12.5 Å². The van der Waals surface area contributed by atoms with Crippen LogP contribution in [-0.2, 0) is 20.4 Å². The van der Waals surface area contributed by atoms with Gasteiger partial charge in [-0.15, -0.1) is 0 Å². The maximum Gasteiger partial charge on any atom is 0.350 e. The number of carbonyl (C=O) groups is 1. The van der Waals surface area contributed by atoms with Gasteiger partial charge in [0.15, 0.2) is 10.5 Å². The summed E-state index contributed by atoms with van der Waals surface area (Å²) in [6, 6.07) is 7.98. The maximum atomic E-state index is 12.6. The summed E-state index contributed by atoms with van der Waals surface area (Å²) in [7, 11) is 0.223. The van der Waals surface area contributed by atoms with Crippen LogP contribution < -0.4 is 4.74 Å². The number of esters is 1. The first-order valence-electron chi connectivity index (χ1n) is 8.32. The highest BCUT2D eigenvalue weighted by Crippen LogP contribution is 2.33. The van der Waals surface area contributed by atoms with E-state index in [1.54, 1.807) is 13.8 Å². The van der Waals surface area contributed by atoms with Crippen molar-refractivity contribution >= 4 is 16.9 Å². The van der Waals surface area contributed by atoms with Gasteiger partial charge in [-0.3, -0.25) is 0 Å². The van der Waals surface area contributed by atoms with E-state index in [-0.39, 0.29) is 22.5 Å². The van der Waals surface area contributed by atoms with Gasteiger partial charge in [0.1, 0.15) is 23.9 Å². The standard InChI is InChI=1S/C19H29O3S/c1-18(2,17(20)22-19(3)13-7-6-8-14-19)21-15-9-11-16(12-10-15)23(4)5/h9-12H,6-8,13-14H2,1-5H3/q+1. The lowest BCUT2D eigenvalue weighted by Gasteiger charge is -2.36. The Bertz CT molecular complexity index is 528. The topological polar surface area (TPSA) is 35.5 Å². The van der Waals surface area contributed by atoms with Crippen LogP contribution >= 0.6 is 0 Å². The van der Waals surface area contributed by atoms with Gasteiger partial charge >= 0.3 is 5.97 Å². The van der Waals surface area contributed by atoms with Gasteiger partial charge in [-0.1, -0.05) is 6.42 Å². The molecule has 0 heterocycles. The zero-order valence-corrected chi connectivity index (χ0v) is 15.8. The average Bonchev–Trinajstić information content (AvgIpc) is 2.47. The number of benzene rings is 1. The molecule has 0 aliphatic heterocycles. The molecule has 0 N–H and O–H groups in total. The molecule has 23 heavy (non-hydrogen) atoms. The molecule has 1 aliphatic carbocycles. The van der Waals surface area contributed by atoms with E-state index in [0.29, 0.717) is 5.75 Å². The smallest absolute Gasteiger partial charge is 0.350 e. The summed E-state index contributed by atoms with van der Waals surface area (Å²) >= 11 is 0. The zero-order chi connectivity index (χ0) is 17.1. The first-order chi connectivity index (χ1) is 10.7. The maximum absolute atomic E-state index is 12.6. The van der Waals surface area contributed by atoms with E-state index in [0.717, 1.165) is 25.7 Å². The van der Waals surface area contributed by atoms with E-state index in [4.69, 9.17) is 9.47 Å². The van der Waals surface area contributed by atoms with Crippen LogP contribution in [0.2, 0.25) is 0 Å². The van der Waals surface area contributed by atoms with Crippen LogP contribution in [0.1, 0.15) is 52.9 Å². The monoisotopic (exact) mass is 337 g/mol. The van der Waals surface area contributed by atoms with Crippen molar-refractivity contribution in [3.63, 3.8) is 0 Å². The first kappa shape index (κ1) is 18.2. The highest BCUT2D eigenvalue weighted by molar-refractivity contribution is 7.95. The van der Waals surface area contributed by atoms with Crippen LogP contribution in [0.25, 0.3) is 0 Å². The summed E-state index contributed by atoms with van der Waals surface area (Å²) in [5.74, 6) is 0.423. The van der Waals surface area contributed by atoms with Crippen LogP contribution in [0.15, 0.2) is 29.2 Å². The second-order valence-electron chi connectivity index (χ2n) is 7.30. The zero-order valence-electron chi connectivity index (χ0n) is 15.0. The molecule has 0 aromatic heterocycles. The molecule has 4 heteroatoms. The Balaban J connectivity index is 2.00. The van der Waals surface area contributed by atoms with Gasteiger partial charge in [0.25, 0.3) is 0 Å². The molecular weight excluding hydrogens is 308 g/mol.